The minimum atomic E-state index is -0.0253. The fourth-order valence-corrected chi connectivity index (χ4v) is 9.84. The Morgan fingerprint density at radius 3 is 1.71 bits per heavy atom. The highest BCUT2D eigenvalue weighted by molar-refractivity contribution is 6.35. The van der Waals surface area contributed by atoms with Gasteiger partial charge in [-0.15, -0.1) is 0 Å². The molecule has 0 saturated carbocycles. The third-order valence-electron chi connectivity index (χ3n) is 12.7. The number of hydrogen-bond donors (Lipinski definition) is 0. The quantitative estimate of drug-likeness (QED) is 0.156. The van der Waals surface area contributed by atoms with Gasteiger partial charge < -0.3 is 4.42 Å². The van der Waals surface area contributed by atoms with E-state index < -0.39 is 0 Å². The lowest BCUT2D eigenvalue weighted by Gasteiger charge is -2.31. The molecular formula is C56H43NO. The largest absolute Gasteiger partial charge is 0.455 e. The summed E-state index contributed by atoms with van der Waals surface area (Å²) in [5.74, 6) is 0.471. The molecule has 3 unspecified atom stereocenters. The second-order valence-corrected chi connectivity index (χ2v) is 16.1. The van der Waals surface area contributed by atoms with Crippen LogP contribution >= 0.6 is 0 Å². The van der Waals surface area contributed by atoms with Gasteiger partial charge in [0.1, 0.15) is 11.2 Å². The van der Waals surface area contributed by atoms with E-state index in [1.165, 1.54) is 71.1 Å². The van der Waals surface area contributed by atoms with E-state index in [4.69, 9.17) is 9.41 Å². The van der Waals surface area contributed by atoms with Crippen molar-refractivity contribution in [3.05, 3.63) is 199 Å². The van der Waals surface area contributed by atoms with E-state index in [1.807, 2.05) is 0 Å². The molecule has 2 nitrogen and oxygen atoms in total. The number of hydrogen-bond acceptors (Lipinski definition) is 2. The summed E-state index contributed by atoms with van der Waals surface area (Å²) < 4.78 is 7.08. The van der Waals surface area contributed by atoms with Crippen molar-refractivity contribution >= 4 is 65.5 Å². The summed E-state index contributed by atoms with van der Waals surface area (Å²) >= 11 is 0. The fourth-order valence-electron chi connectivity index (χ4n) is 9.84. The molecule has 0 aliphatic carbocycles. The third-order valence-corrected chi connectivity index (χ3v) is 12.7. The summed E-state index contributed by atoms with van der Waals surface area (Å²) in [4.78, 5) is 5.82. The molecule has 0 N–H and O–H groups in total. The Labute approximate surface area is 339 Å². The van der Waals surface area contributed by atoms with Crippen molar-refractivity contribution in [1.82, 2.24) is 0 Å². The van der Waals surface area contributed by atoms with Crippen molar-refractivity contribution in [2.24, 2.45) is 16.8 Å². The predicted octanol–water partition coefficient (Wildman–Crippen LogP) is 15.5. The van der Waals surface area contributed by atoms with Crippen molar-refractivity contribution in [3.63, 3.8) is 0 Å². The van der Waals surface area contributed by atoms with Gasteiger partial charge in [0.15, 0.2) is 0 Å². The molecule has 0 bridgehead atoms. The number of nitrogens with zero attached hydrogens (tertiary/aromatic N) is 1. The summed E-state index contributed by atoms with van der Waals surface area (Å²) in [7, 11) is 0. The van der Waals surface area contributed by atoms with E-state index in [9.17, 15) is 0 Å². The summed E-state index contributed by atoms with van der Waals surface area (Å²) in [6.45, 7) is 4.66. The average molecular weight is 746 g/mol. The molecule has 11 rings (SSSR count). The molecule has 3 atom stereocenters. The topological polar surface area (TPSA) is 25.5 Å². The van der Waals surface area contributed by atoms with Crippen molar-refractivity contribution in [2.45, 2.75) is 32.7 Å². The van der Waals surface area contributed by atoms with Crippen molar-refractivity contribution < 1.29 is 4.42 Å². The zero-order valence-electron chi connectivity index (χ0n) is 32.8. The van der Waals surface area contributed by atoms with Crippen molar-refractivity contribution in [1.29, 1.82) is 0 Å². The summed E-state index contributed by atoms with van der Waals surface area (Å²) in [5.41, 5.74) is 12.7. The molecule has 10 aromatic rings. The van der Waals surface area contributed by atoms with Crippen LogP contribution in [-0.2, 0) is 0 Å². The van der Waals surface area contributed by atoms with E-state index >= 15 is 0 Å². The molecule has 2 heteroatoms. The molecule has 0 fully saturated rings. The van der Waals surface area contributed by atoms with E-state index in [-0.39, 0.29) is 17.9 Å². The maximum atomic E-state index is 7.08. The first kappa shape index (κ1) is 34.5. The van der Waals surface area contributed by atoms with E-state index in [2.05, 4.69) is 196 Å². The van der Waals surface area contributed by atoms with Crippen LogP contribution in [0.15, 0.2) is 191 Å². The van der Waals surface area contributed by atoms with Crippen LogP contribution in [0.25, 0.3) is 82.1 Å². The number of furan rings is 1. The lowest BCUT2D eigenvalue weighted by Crippen LogP contribution is -2.21. The first-order chi connectivity index (χ1) is 28.6. The molecule has 0 amide bonds. The molecule has 1 aliphatic heterocycles. The molecule has 58 heavy (non-hydrogen) atoms. The predicted molar refractivity (Wildman–Crippen MR) is 246 cm³/mol. The standard InChI is InChI=1S/C56H43NO/c1-3-43-44(37-15-6-4-7-16-37)29-22-35(2)53(57-54(43)42-28-23-36-14-10-11-19-41(36)34-42)40-26-24-39(25-27-40)46-31-33-50-48-21-13-12-20-47(48)49-32-30-45(38-17-8-5-9-18-38)55-51(49)52(50)56(46)58-55/h4-21,23-35,43,54H,3,22H2,1-2H3/b44-29+,57-53?. The Balaban J connectivity index is 1.05. The highest BCUT2D eigenvalue weighted by Crippen LogP contribution is 2.48. The average Bonchev–Trinajstić information content (AvgIpc) is 3.69. The van der Waals surface area contributed by atoms with Gasteiger partial charge in [0.25, 0.3) is 0 Å². The smallest absolute Gasteiger partial charge is 0.143 e. The summed E-state index contributed by atoms with van der Waals surface area (Å²) in [5, 5.41) is 9.89. The van der Waals surface area contributed by atoms with Gasteiger partial charge in [-0.25, -0.2) is 0 Å². The number of rotatable bonds is 6. The highest BCUT2D eigenvalue weighted by atomic mass is 16.3. The van der Waals surface area contributed by atoms with Gasteiger partial charge in [-0.1, -0.05) is 178 Å². The minimum Gasteiger partial charge on any atom is -0.455 e. The number of fused-ring (bicyclic) bond motifs is 4. The molecule has 0 spiro atoms. The molecule has 0 radical (unpaired) electrons. The lowest BCUT2D eigenvalue weighted by molar-refractivity contribution is 0.514. The first-order valence-electron chi connectivity index (χ1n) is 20.7. The molecular weight excluding hydrogens is 703 g/mol. The molecule has 278 valence electrons. The van der Waals surface area contributed by atoms with E-state index in [0.29, 0.717) is 0 Å². The van der Waals surface area contributed by atoms with Crippen LogP contribution in [0.3, 0.4) is 0 Å². The van der Waals surface area contributed by atoms with Gasteiger partial charge in [-0.3, -0.25) is 4.99 Å². The monoisotopic (exact) mass is 745 g/mol. The maximum Gasteiger partial charge on any atom is 0.143 e. The fraction of sp³-hybridized carbons (Fsp3) is 0.125. The lowest BCUT2D eigenvalue weighted by atomic mass is 9.78. The Morgan fingerprint density at radius 1 is 0.517 bits per heavy atom. The van der Waals surface area contributed by atoms with Gasteiger partial charge in [-0.05, 0) is 96.7 Å². The van der Waals surface area contributed by atoms with E-state index in [1.54, 1.807) is 0 Å². The van der Waals surface area contributed by atoms with Crippen LogP contribution in [0.4, 0.5) is 0 Å². The Kier molecular flexibility index (Phi) is 8.33. The normalized spacial score (nSPS) is 18.4. The second kappa shape index (κ2) is 14.0. The second-order valence-electron chi connectivity index (χ2n) is 16.1. The Morgan fingerprint density at radius 2 is 1.07 bits per heavy atom. The first-order valence-corrected chi connectivity index (χ1v) is 20.7. The summed E-state index contributed by atoms with van der Waals surface area (Å²) in [6, 6.07) is 64.1. The van der Waals surface area contributed by atoms with Gasteiger partial charge in [0, 0.05) is 39.4 Å². The maximum absolute atomic E-state index is 7.08. The summed E-state index contributed by atoms with van der Waals surface area (Å²) in [6.07, 6.45) is 4.43. The number of aliphatic imine (C=N–C) groups is 1. The molecule has 0 saturated heterocycles. The van der Waals surface area contributed by atoms with Crippen LogP contribution in [0.2, 0.25) is 0 Å². The van der Waals surface area contributed by atoms with Crippen molar-refractivity contribution in [2.75, 3.05) is 0 Å². The molecule has 1 aliphatic rings. The SMILES string of the molecule is CCC1/C(c2ccccc2)=C/CC(C)C(c2ccc(-c3ccc4c5ccccc5c5ccc(-c6ccccc6)c6oc3c4c65)cc2)=NC1c1ccc2ccccc2c1. The van der Waals surface area contributed by atoms with Crippen LogP contribution < -0.4 is 0 Å². The van der Waals surface area contributed by atoms with Gasteiger partial charge in [0.2, 0.25) is 0 Å². The third kappa shape index (κ3) is 5.58. The van der Waals surface area contributed by atoms with Gasteiger partial charge in [-0.2, -0.15) is 0 Å². The number of benzene rings is 9. The van der Waals surface area contributed by atoms with Gasteiger partial charge in [0.05, 0.1) is 6.04 Å². The van der Waals surface area contributed by atoms with Crippen LogP contribution in [0.5, 0.6) is 0 Å². The van der Waals surface area contributed by atoms with Gasteiger partial charge >= 0.3 is 0 Å². The van der Waals surface area contributed by atoms with Crippen LogP contribution in [0, 0.1) is 11.8 Å². The van der Waals surface area contributed by atoms with Crippen LogP contribution in [-0.4, -0.2) is 5.71 Å². The minimum absolute atomic E-state index is 0.0253. The zero-order chi connectivity index (χ0) is 38.7. The zero-order valence-corrected chi connectivity index (χ0v) is 32.8. The molecule has 2 heterocycles. The molecule has 1 aromatic heterocycles. The van der Waals surface area contributed by atoms with Crippen molar-refractivity contribution in [3.8, 4) is 22.3 Å². The Bertz CT molecular complexity index is 3190. The Hall–Kier alpha value is -6.77. The molecule has 9 aromatic carbocycles. The van der Waals surface area contributed by atoms with Crippen LogP contribution in [0.1, 0.15) is 49.4 Å². The number of allylic oxidation sites excluding steroid dienone is 1. The highest BCUT2D eigenvalue weighted by Gasteiger charge is 2.30. The van der Waals surface area contributed by atoms with E-state index in [0.717, 1.165) is 46.3 Å².